The number of nitrogens with one attached hydrogen (secondary N) is 1. The second-order valence-corrected chi connectivity index (χ2v) is 5.10. The fraction of sp³-hybridized carbons (Fsp3) is 0.385. The number of carbonyl (C=O) groups excluding carboxylic acids is 2. The van der Waals surface area contributed by atoms with Crippen molar-refractivity contribution < 1.29 is 14.5 Å². The summed E-state index contributed by atoms with van der Waals surface area (Å²) in [6, 6.07) is 3.76. The number of carbonyl (C=O) groups is 2. The van der Waals surface area contributed by atoms with E-state index in [2.05, 4.69) is 5.32 Å². The van der Waals surface area contributed by atoms with Crippen molar-refractivity contribution in [1.29, 1.82) is 0 Å². The number of amides is 2. The number of likely N-dealkylation sites (tertiary alicyclic amines) is 1. The van der Waals surface area contributed by atoms with Crippen molar-refractivity contribution in [2.24, 2.45) is 0 Å². The fourth-order valence-corrected chi connectivity index (χ4v) is 2.32. The van der Waals surface area contributed by atoms with E-state index >= 15 is 0 Å². The maximum Gasteiger partial charge on any atom is 0.288 e. The molecule has 1 aliphatic rings. The summed E-state index contributed by atoms with van der Waals surface area (Å²) in [5.41, 5.74) is -0.240. The highest BCUT2D eigenvalue weighted by molar-refractivity contribution is 6.32. The quantitative estimate of drug-likeness (QED) is 0.675. The first-order valence-electron chi connectivity index (χ1n) is 6.49. The maximum absolute atomic E-state index is 11.9. The van der Waals surface area contributed by atoms with E-state index in [0.29, 0.717) is 13.1 Å². The molecule has 1 fully saturated rings. The van der Waals surface area contributed by atoms with Crippen molar-refractivity contribution in [3.8, 4) is 0 Å². The molecule has 0 aromatic heterocycles. The van der Waals surface area contributed by atoms with Gasteiger partial charge in [-0.25, -0.2) is 0 Å². The fourth-order valence-electron chi connectivity index (χ4n) is 2.13. The molecule has 0 spiro atoms. The van der Waals surface area contributed by atoms with Gasteiger partial charge >= 0.3 is 0 Å². The van der Waals surface area contributed by atoms with Crippen LogP contribution in [0, 0.1) is 10.1 Å². The third kappa shape index (κ3) is 3.69. The smallest absolute Gasteiger partial charge is 0.288 e. The Morgan fingerprint density at radius 3 is 2.62 bits per heavy atom. The summed E-state index contributed by atoms with van der Waals surface area (Å²) in [6.07, 6.45) is 1.95. The zero-order valence-corrected chi connectivity index (χ0v) is 11.9. The Balaban J connectivity index is 1.98. The Labute approximate surface area is 126 Å². The van der Waals surface area contributed by atoms with Crippen LogP contribution < -0.4 is 5.32 Å². The van der Waals surface area contributed by atoms with Crippen LogP contribution in [0.25, 0.3) is 0 Å². The summed E-state index contributed by atoms with van der Waals surface area (Å²) in [7, 11) is 0. The Bertz CT molecular complexity index is 585. The van der Waals surface area contributed by atoms with E-state index in [1.807, 2.05) is 0 Å². The highest BCUT2D eigenvalue weighted by Gasteiger charge is 2.20. The van der Waals surface area contributed by atoms with Gasteiger partial charge in [0.15, 0.2) is 0 Å². The van der Waals surface area contributed by atoms with Gasteiger partial charge in [0.25, 0.3) is 11.6 Å². The summed E-state index contributed by atoms with van der Waals surface area (Å²) < 4.78 is 0. The van der Waals surface area contributed by atoms with Crippen LogP contribution in [-0.2, 0) is 4.79 Å². The first-order valence-corrected chi connectivity index (χ1v) is 6.87. The average Bonchev–Trinajstić information content (AvgIpc) is 2.98. The van der Waals surface area contributed by atoms with Crippen LogP contribution >= 0.6 is 11.6 Å². The summed E-state index contributed by atoms with van der Waals surface area (Å²) in [5, 5.41) is 13.2. The van der Waals surface area contributed by atoms with Crippen LogP contribution in [0.3, 0.4) is 0 Å². The Morgan fingerprint density at radius 2 is 2.00 bits per heavy atom. The Morgan fingerprint density at radius 1 is 1.33 bits per heavy atom. The lowest BCUT2D eigenvalue weighted by atomic mass is 10.2. The molecule has 0 unspecified atom stereocenters. The number of benzene rings is 1. The minimum atomic E-state index is -0.658. The third-order valence-electron chi connectivity index (χ3n) is 3.26. The Hall–Kier alpha value is -2.15. The first kappa shape index (κ1) is 15.2. The summed E-state index contributed by atoms with van der Waals surface area (Å²) in [6.45, 7) is 1.30. The van der Waals surface area contributed by atoms with Crippen LogP contribution in [0.4, 0.5) is 5.69 Å². The minimum absolute atomic E-state index is 0.0373. The number of nitro groups is 1. The number of nitrogens with zero attached hydrogens (tertiary/aromatic N) is 2. The van der Waals surface area contributed by atoms with Gasteiger partial charge in [0, 0.05) is 24.7 Å². The molecule has 2 rings (SSSR count). The van der Waals surface area contributed by atoms with E-state index in [9.17, 15) is 19.7 Å². The second-order valence-electron chi connectivity index (χ2n) is 4.69. The predicted molar refractivity (Wildman–Crippen MR) is 76.3 cm³/mol. The molecule has 112 valence electrons. The third-order valence-corrected chi connectivity index (χ3v) is 3.58. The lowest BCUT2D eigenvalue weighted by Crippen LogP contribution is -2.38. The van der Waals surface area contributed by atoms with Crippen LogP contribution in [0.1, 0.15) is 23.2 Å². The van der Waals surface area contributed by atoms with E-state index in [1.54, 1.807) is 4.90 Å². The van der Waals surface area contributed by atoms with Gasteiger partial charge < -0.3 is 10.2 Å². The maximum atomic E-state index is 11.9. The van der Waals surface area contributed by atoms with Gasteiger partial charge in [-0.05, 0) is 25.0 Å². The summed E-state index contributed by atoms with van der Waals surface area (Å²) in [5.74, 6) is -0.688. The zero-order chi connectivity index (χ0) is 15.4. The summed E-state index contributed by atoms with van der Waals surface area (Å²) >= 11 is 5.68. The van der Waals surface area contributed by atoms with Crippen molar-refractivity contribution in [1.82, 2.24) is 10.2 Å². The molecule has 1 aliphatic heterocycles. The molecule has 0 bridgehead atoms. The number of rotatable bonds is 4. The predicted octanol–water partition coefficient (Wildman–Crippen LogP) is 1.60. The second kappa shape index (κ2) is 6.53. The van der Waals surface area contributed by atoms with Crippen LogP contribution in [0.5, 0.6) is 0 Å². The van der Waals surface area contributed by atoms with Crippen molar-refractivity contribution in [2.45, 2.75) is 12.8 Å². The van der Waals surface area contributed by atoms with Crippen molar-refractivity contribution in [2.75, 3.05) is 19.6 Å². The van der Waals surface area contributed by atoms with Gasteiger partial charge in [-0.15, -0.1) is 0 Å². The van der Waals surface area contributed by atoms with Gasteiger partial charge in [0.05, 0.1) is 11.5 Å². The van der Waals surface area contributed by atoms with Crippen LogP contribution in [0.2, 0.25) is 5.02 Å². The molecule has 1 heterocycles. The molecule has 7 nitrogen and oxygen atoms in total. The van der Waals surface area contributed by atoms with Crippen LogP contribution in [-0.4, -0.2) is 41.3 Å². The summed E-state index contributed by atoms with van der Waals surface area (Å²) in [4.78, 5) is 35.5. The van der Waals surface area contributed by atoms with Crippen molar-refractivity contribution in [3.05, 3.63) is 38.9 Å². The SMILES string of the molecule is O=C(NCC(=O)N1CCCC1)c1ccc(Cl)c([N+](=O)[O-])c1. The molecule has 0 radical (unpaired) electrons. The molecule has 21 heavy (non-hydrogen) atoms. The average molecular weight is 312 g/mol. The highest BCUT2D eigenvalue weighted by atomic mass is 35.5. The van der Waals surface area contributed by atoms with Crippen molar-refractivity contribution in [3.63, 3.8) is 0 Å². The first-order chi connectivity index (χ1) is 9.99. The van der Waals surface area contributed by atoms with Gasteiger partial charge in [0.1, 0.15) is 5.02 Å². The van der Waals surface area contributed by atoms with E-state index in [1.165, 1.54) is 12.1 Å². The van der Waals surface area contributed by atoms with E-state index < -0.39 is 10.8 Å². The molecular weight excluding hydrogens is 298 g/mol. The van der Waals surface area contributed by atoms with E-state index in [0.717, 1.165) is 18.9 Å². The topological polar surface area (TPSA) is 92.6 Å². The van der Waals surface area contributed by atoms with E-state index in [4.69, 9.17) is 11.6 Å². The molecule has 2 amide bonds. The van der Waals surface area contributed by atoms with Crippen LogP contribution in [0.15, 0.2) is 18.2 Å². The molecular formula is C13H14ClN3O4. The minimum Gasteiger partial charge on any atom is -0.343 e. The molecule has 0 saturated carbocycles. The largest absolute Gasteiger partial charge is 0.343 e. The highest BCUT2D eigenvalue weighted by Crippen LogP contribution is 2.24. The zero-order valence-electron chi connectivity index (χ0n) is 11.2. The monoisotopic (exact) mass is 311 g/mol. The molecule has 8 heteroatoms. The molecule has 1 saturated heterocycles. The van der Waals surface area contributed by atoms with E-state index in [-0.39, 0.29) is 28.7 Å². The van der Waals surface area contributed by atoms with Gasteiger partial charge in [0.2, 0.25) is 5.91 Å². The number of hydrogen-bond donors (Lipinski definition) is 1. The molecule has 1 aromatic rings. The molecule has 0 atom stereocenters. The normalized spacial score (nSPS) is 14.0. The lowest BCUT2D eigenvalue weighted by Gasteiger charge is -2.15. The van der Waals surface area contributed by atoms with Gasteiger partial charge in [-0.2, -0.15) is 0 Å². The van der Waals surface area contributed by atoms with Gasteiger partial charge in [-0.3, -0.25) is 19.7 Å². The number of halogens is 1. The van der Waals surface area contributed by atoms with Gasteiger partial charge in [-0.1, -0.05) is 11.6 Å². The number of nitro benzene ring substituents is 1. The standard InChI is InChI=1S/C13H14ClN3O4/c14-10-4-3-9(7-11(10)17(20)21)13(19)15-8-12(18)16-5-1-2-6-16/h3-4,7H,1-2,5-6,8H2,(H,15,19). The molecule has 0 aliphatic carbocycles. The molecule has 1 aromatic carbocycles. The number of hydrogen-bond acceptors (Lipinski definition) is 4. The lowest BCUT2D eigenvalue weighted by molar-refractivity contribution is -0.384. The Kier molecular flexibility index (Phi) is 4.74. The van der Waals surface area contributed by atoms with Crippen molar-refractivity contribution >= 4 is 29.1 Å². The molecule has 1 N–H and O–H groups in total.